The summed E-state index contributed by atoms with van der Waals surface area (Å²) in [5.74, 6) is -6.95. The van der Waals surface area contributed by atoms with E-state index in [-0.39, 0.29) is 12.7 Å². The summed E-state index contributed by atoms with van der Waals surface area (Å²) >= 11 is 0. The van der Waals surface area contributed by atoms with E-state index >= 15 is 0 Å². The van der Waals surface area contributed by atoms with Gasteiger partial charge in [-0.2, -0.15) is 8.78 Å². The van der Waals surface area contributed by atoms with Crippen LogP contribution in [0.25, 0.3) is 0 Å². The SMILES string of the molecule is CCCCCCNCCOc1c(F)c(F)cc(F)c1F. The summed E-state index contributed by atoms with van der Waals surface area (Å²) in [4.78, 5) is 0. The van der Waals surface area contributed by atoms with E-state index in [1.54, 1.807) is 0 Å². The molecule has 0 saturated carbocycles. The van der Waals surface area contributed by atoms with E-state index in [1.807, 2.05) is 0 Å². The number of hydrogen-bond donors (Lipinski definition) is 1. The minimum atomic E-state index is -1.51. The fraction of sp³-hybridized carbons (Fsp3) is 0.571. The van der Waals surface area contributed by atoms with E-state index < -0.39 is 29.0 Å². The lowest BCUT2D eigenvalue weighted by Crippen LogP contribution is -2.22. The Morgan fingerprint density at radius 2 is 1.60 bits per heavy atom. The molecule has 1 rings (SSSR count). The highest BCUT2D eigenvalue weighted by molar-refractivity contribution is 5.28. The van der Waals surface area contributed by atoms with Gasteiger partial charge in [-0.05, 0) is 13.0 Å². The van der Waals surface area contributed by atoms with Gasteiger partial charge in [-0.25, -0.2) is 8.78 Å². The van der Waals surface area contributed by atoms with Crippen LogP contribution in [0.4, 0.5) is 17.6 Å². The lowest BCUT2D eigenvalue weighted by Gasteiger charge is -2.10. The van der Waals surface area contributed by atoms with Crippen molar-refractivity contribution in [2.75, 3.05) is 19.7 Å². The van der Waals surface area contributed by atoms with Crippen molar-refractivity contribution in [3.8, 4) is 5.75 Å². The van der Waals surface area contributed by atoms with Gasteiger partial charge in [-0.15, -0.1) is 0 Å². The lowest BCUT2D eigenvalue weighted by atomic mass is 10.2. The van der Waals surface area contributed by atoms with Crippen LogP contribution in [0.5, 0.6) is 5.75 Å². The average Bonchev–Trinajstić information content (AvgIpc) is 2.43. The Kier molecular flexibility index (Phi) is 7.36. The van der Waals surface area contributed by atoms with Gasteiger partial charge in [-0.1, -0.05) is 26.2 Å². The van der Waals surface area contributed by atoms with Crippen LogP contribution in [-0.2, 0) is 0 Å². The Labute approximate surface area is 116 Å². The maximum atomic E-state index is 13.2. The number of halogens is 4. The van der Waals surface area contributed by atoms with Crippen LogP contribution >= 0.6 is 0 Å². The van der Waals surface area contributed by atoms with E-state index in [2.05, 4.69) is 12.2 Å². The van der Waals surface area contributed by atoms with Crippen LogP contribution in [-0.4, -0.2) is 19.7 Å². The predicted molar refractivity (Wildman–Crippen MR) is 68.8 cm³/mol. The molecule has 1 aromatic carbocycles. The highest BCUT2D eigenvalue weighted by Crippen LogP contribution is 2.26. The number of ether oxygens (including phenoxy) is 1. The maximum Gasteiger partial charge on any atom is 0.203 e. The van der Waals surface area contributed by atoms with E-state index in [4.69, 9.17) is 4.74 Å². The molecule has 0 spiro atoms. The Morgan fingerprint density at radius 3 is 2.20 bits per heavy atom. The van der Waals surface area contributed by atoms with Crippen molar-refractivity contribution in [1.29, 1.82) is 0 Å². The molecule has 0 unspecified atom stereocenters. The topological polar surface area (TPSA) is 21.3 Å². The molecule has 0 aliphatic carbocycles. The van der Waals surface area contributed by atoms with Crippen LogP contribution in [0.3, 0.4) is 0 Å². The van der Waals surface area contributed by atoms with Crippen molar-refractivity contribution in [1.82, 2.24) is 5.32 Å². The van der Waals surface area contributed by atoms with Gasteiger partial charge in [0.2, 0.25) is 11.6 Å². The number of hydrogen-bond acceptors (Lipinski definition) is 2. The zero-order valence-corrected chi connectivity index (χ0v) is 11.4. The van der Waals surface area contributed by atoms with E-state index in [0.717, 1.165) is 32.2 Å². The third-order valence-electron chi connectivity index (χ3n) is 2.80. The molecule has 0 heterocycles. The van der Waals surface area contributed by atoms with Crippen LogP contribution in [0.2, 0.25) is 0 Å². The maximum absolute atomic E-state index is 13.2. The minimum Gasteiger partial charge on any atom is -0.486 e. The quantitative estimate of drug-likeness (QED) is 0.425. The van der Waals surface area contributed by atoms with Crippen LogP contribution < -0.4 is 10.1 Å². The first-order chi connectivity index (χ1) is 9.57. The van der Waals surface area contributed by atoms with Gasteiger partial charge in [-0.3, -0.25) is 0 Å². The Morgan fingerprint density at radius 1 is 0.950 bits per heavy atom. The molecule has 6 heteroatoms. The van der Waals surface area contributed by atoms with Crippen molar-refractivity contribution in [2.24, 2.45) is 0 Å². The third-order valence-corrected chi connectivity index (χ3v) is 2.80. The fourth-order valence-corrected chi connectivity index (χ4v) is 1.71. The van der Waals surface area contributed by atoms with E-state index in [0.29, 0.717) is 6.54 Å². The molecular formula is C14H19F4NO. The average molecular weight is 293 g/mol. The molecule has 0 amide bonds. The van der Waals surface area contributed by atoms with Crippen molar-refractivity contribution < 1.29 is 22.3 Å². The zero-order chi connectivity index (χ0) is 15.0. The Hall–Kier alpha value is -1.30. The number of benzene rings is 1. The zero-order valence-electron chi connectivity index (χ0n) is 11.4. The molecule has 0 aliphatic rings. The van der Waals surface area contributed by atoms with E-state index in [1.165, 1.54) is 0 Å². The molecule has 0 saturated heterocycles. The van der Waals surface area contributed by atoms with Crippen molar-refractivity contribution in [3.05, 3.63) is 29.3 Å². The van der Waals surface area contributed by atoms with E-state index in [9.17, 15) is 17.6 Å². The summed E-state index contributed by atoms with van der Waals surface area (Å²) in [6.45, 7) is 3.17. The third kappa shape index (κ3) is 5.00. The molecule has 0 bridgehead atoms. The molecule has 0 aromatic heterocycles. The highest BCUT2D eigenvalue weighted by atomic mass is 19.2. The second kappa shape index (κ2) is 8.79. The molecule has 1 aromatic rings. The summed E-state index contributed by atoms with van der Waals surface area (Å²) in [5, 5.41) is 3.03. The van der Waals surface area contributed by atoms with Gasteiger partial charge in [0, 0.05) is 12.6 Å². The number of rotatable bonds is 9. The van der Waals surface area contributed by atoms with Crippen molar-refractivity contribution >= 4 is 0 Å². The van der Waals surface area contributed by atoms with Gasteiger partial charge in [0.15, 0.2) is 17.4 Å². The van der Waals surface area contributed by atoms with Crippen molar-refractivity contribution in [3.63, 3.8) is 0 Å². The first-order valence-electron chi connectivity index (χ1n) is 6.74. The van der Waals surface area contributed by atoms with Gasteiger partial charge in [0.05, 0.1) is 0 Å². The number of unbranched alkanes of at least 4 members (excludes halogenated alkanes) is 3. The number of nitrogens with one attached hydrogen (secondary N) is 1. The Balaban J connectivity index is 2.32. The molecule has 1 N–H and O–H groups in total. The molecule has 0 atom stereocenters. The van der Waals surface area contributed by atoms with Crippen LogP contribution in [0.1, 0.15) is 32.6 Å². The molecule has 114 valence electrons. The summed E-state index contributed by atoms with van der Waals surface area (Å²) in [6.07, 6.45) is 4.43. The van der Waals surface area contributed by atoms with Gasteiger partial charge >= 0.3 is 0 Å². The fourth-order valence-electron chi connectivity index (χ4n) is 1.71. The van der Waals surface area contributed by atoms with Gasteiger partial charge in [0.1, 0.15) is 6.61 Å². The monoisotopic (exact) mass is 293 g/mol. The standard InChI is InChI=1S/C14H19F4NO/c1-2-3-4-5-6-19-7-8-20-14-12(17)10(15)9-11(16)13(14)18/h9,19H,2-8H2,1H3. The van der Waals surface area contributed by atoms with Crippen LogP contribution in [0, 0.1) is 23.3 Å². The predicted octanol–water partition coefficient (Wildman–Crippen LogP) is 3.79. The Bertz CT molecular complexity index is 400. The highest BCUT2D eigenvalue weighted by Gasteiger charge is 2.20. The molecular weight excluding hydrogens is 274 g/mol. The first kappa shape index (κ1) is 16.8. The smallest absolute Gasteiger partial charge is 0.203 e. The largest absolute Gasteiger partial charge is 0.486 e. The molecule has 0 fully saturated rings. The minimum absolute atomic E-state index is 0.0650. The lowest BCUT2D eigenvalue weighted by molar-refractivity contribution is 0.270. The van der Waals surface area contributed by atoms with Gasteiger partial charge in [0.25, 0.3) is 0 Å². The normalized spacial score (nSPS) is 10.8. The van der Waals surface area contributed by atoms with Crippen LogP contribution in [0.15, 0.2) is 6.07 Å². The van der Waals surface area contributed by atoms with Gasteiger partial charge < -0.3 is 10.1 Å². The molecule has 0 aliphatic heterocycles. The second-order valence-corrected chi connectivity index (χ2v) is 4.46. The molecule has 0 radical (unpaired) electrons. The molecule has 20 heavy (non-hydrogen) atoms. The summed E-state index contributed by atoms with van der Waals surface area (Å²) < 4.78 is 57.0. The second-order valence-electron chi connectivity index (χ2n) is 4.46. The van der Waals surface area contributed by atoms with Crippen molar-refractivity contribution in [2.45, 2.75) is 32.6 Å². The summed E-state index contributed by atoms with van der Waals surface area (Å²) in [6, 6.07) is 0.156. The summed E-state index contributed by atoms with van der Waals surface area (Å²) in [7, 11) is 0. The first-order valence-corrected chi connectivity index (χ1v) is 6.74. The molecule has 2 nitrogen and oxygen atoms in total. The summed E-state index contributed by atoms with van der Waals surface area (Å²) in [5.41, 5.74) is 0.